The fourth-order valence-corrected chi connectivity index (χ4v) is 1.05. The summed E-state index contributed by atoms with van der Waals surface area (Å²) in [5.74, 6) is 0. The maximum absolute atomic E-state index is 11.5. The predicted molar refractivity (Wildman–Crippen MR) is 57.2 cm³/mol. The molecule has 4 heteroatoms. The van der Waals surface area contributed by atoms with E-state index in [1.165, 1.54) is 5.06 Å². The molecule has 0 fully saturated rings. The Bertz CT molecular complexity index is 289. The third-order valence-corrected chi connectivity index (χ3v) is 1.77. The molecule has 0 bridgehead atoms. The molecule has 0 aromatic heterocycles. The summed E-state index contributed by atoms with van der Waals surface area (Å²) < 4.78 is 5.15. The smallest absolute Gasteiger partial charge is 0.434 e. The van der Waals surface area contributed by atoms with Crippen LogP contribution in [0.25, 0.3) is 0 Å². The topological polar surface area (TPSA) is 38.8 Å². The van der Waals surface area contributed by atoms with E-state index in [0.29, 0.717) is 13.2 Å². The first-order valence-electron chi connectivity index (χ1n) is 4.87. The number of amides is 1. The molecule has 0 aromatic carbocycles. The van der Waals surface area contributed by atoms with E-state index in [-0.39, 0.29) is 0 Å². The molecule has 84 valence electrons. The Labute approximate surface area is 90.1 Å². The van der Waals surface area contributed by atoms with E-state index in [2.05, 4.69) is 6.58 Å². The van der Waals surface area contributed by atoms with Gasteiger partial charge in [0.15, 0.2) is 0 Å². The van der Waals surface area contributed by atoms with Crippen molar-refractivity contribution < 1.29 is 14.4 Å². The van der Waals surface area contributed by atoms with Crippen molar-refractivity contribution in [1.29, 1.82) is 0 Å². The van der Waals surface area contributed by atoms with Crippen LogP contribution in [0.2, 0.25) is 0 Å². The van der Waals surface area contributed by atoms with Crippen LogP contribution in [0, 0.1) is 0 Å². The van der Waals surface area contributed by atoms with Crippen LogP contribution in [0.15, 0.2) is 24.3 Å². The molecule has 0 spiro atoms. The summed E-state index contributed by atoms with van der Waals surface area (Å²) in [6, 6.07) is 0. The fraction of sp³-hybridized carbons (Fsp3) is 0.545. The molecule has 0 unspecified atom stereocenters. The number of hydrogen-bond acceptors (Lipinski definition) is 3. The Morgan fingerprint density at radius 2 is 2.33 bits per heavy atom. The van der Waals surface area contributed by atoms with Crippen LogP contribution in [-0.2, 0) is 9.57 Å². The molecular weight excluding hydrogens is 194 g/mol. The van der Waals surface area contributed by atoms with Crippen LogP contribution in [0.3, 0.4) is 0 Å². The van der Waals surface area contributed by atoms with Crippen molar-refractivity contribution in [3.05, 3.63) is 24.3 Å². The molecule has 15 heavy (non-hydrogen) atoms. The second-order valence-electron chi connectivity index (χ2n) is 4.30. The van der Waals surface area contributed by atoms with Gasteiger partial charge in [-0.3, -0.25) is 4.84 Å². The number of carbonyl (C=O) groups excluding carboxylic acids is 1. The van der Waals surface area contributed by atoms with Gasteiger partial charge in [-0.25, -0.2) is 4.79 Å². The van der Waals surface area contributed by atoms with Crippen molar-refractivity contribution >= 4 is 6.09 Å². The van der Waals surface area contributed by atoms with Gasteiger partial charge in [-0.15, -0.1) is 0 Å². The Morgan fingerprint density at radius 1 is 1.67 bits per heavy atom. The average Bonchev–Trinajstić information content (AvgIpc) is 2.15. The molecule has 0 atom stereocenters. The fourth-order valence-electron chi connectivity index (χ4n) is 1.05. The van der Waals surface area contributed by atoms with Gasteiger partial charge >= 0.3 is 6.09 Å². The first kappa shape index (κ1) is 11.8. The van der Waals surface area contributed by atoms with E-state index in [1.54, 1.807) is 6.08 Å². The van der Waals surface area contributed by atoms with Crippen LogP contribution < -0.4 is 0 Å². The minimum atomic E-state index is -0.497. The van der Waals surface area contributed by atoms with Crippen LogP contribution in [-0.4, -0.2) is 29.9 Å². The lowest BCUT2D eigenvalue weighted by molar-refractivity contribution is -0.138. The third-order valence-electron chi connectivity index (χ3n) is 1.77. The lowest BCUT2D eigenvalue weighted by Crippen LogP contribution is -2.39. The largest absolute Gasteiger partial charge is 0.442 e. The lowest BCUT2D eigenvalue weighted by atomic mass is 10.2. The van der Waals surface area contributed by atoms with E-state index in [4.69, 9.17) is 9.57 Å². The molecule has 1 aliphatic heterocycles. The van der Waals surface area contributed by atoms with Gasteiger partial charge in [0.05, 0.1) is 13.2 Å². The van der Waals surface area contributed by atoms with Crippen molar-refractivity contribution in [3.8, 4) is 0 Å². The number of ether oxygens (including phenoxy) is 1. The molecule has 4 nitrogen and oxygen atoms in total. The molecule has 1 aliphatic rings. The number of hydrogen-bond donors (Lipinski definition) is 0. The van der Waals surface area contributed by atoms with Gasteiger partial charge in [0.2, 0.25) is 0 Å². The van der Waals surface area contributed by atoms with Gasteiger partial charge in [0.25, 0.3) is 0 Å². The second kappa shape index (κ2) is 4.49. The summed E-state index contributed by atoms with van der Waals surface area (Å²) in [6.07, 6.45) is 3.15. The van der Waals surface area contributed by atoms with Crippen molar-refractivity contribution in [2.45, 2.75) is 26.4 Å². The number of carbonyl (C=O) groups is 1. The quantitative estimate of drug-likeness (QED) is 0.668. The third kappa shape index (κ3) is 3.75. The summed E-state index contributed by atoms with van der Waals surface area (Å²) in [7, 11) is 0. The highest BCUT2D eigenvalue weighted by Gasteiger charge is 2.24. The molecule has 0 saturated carbocycles. The Balaban J connectivity index is 2.50. The van der Waals surface area contributed by atoms with Gasteiger partial charge < -0.3 is 4.74 Å². The second-order valence-corrected chi connectivity index (χ2v) is 4.30. The summed E-state index contributed by atoms with van der Waals surface area (Å²) in [6.45, 7) is 9.85. The highest BCUT2D eigenvalue weighted by molar-refractivity contribution is 5.67. The molecule has 0 aromatic rings. The molecule has 0 aliphatic carbocycles. The van der Waals surface area contributed by atoms with Crippen LogP contribution in [0.1, 0.15) is 20.8 Å². The average molecular weight is 211 g/mol. The normalized spacial score (nSPS) is 17.0. The van der Waals surface area contributed by atoms with Gasteiger partial charge in [-0.05, 0) is 26.3 Å². The van der Waals surface area contributed by atoms with Crippen LogP contribution >= 0.6 is 0 Å². The summed E-state index contributed by atoms with van der Waals surface area (Å²) in [5, 5.41) is 1.21. The zero-order valence-corrected chi connectivity index (χ0v) is 9.45. The molecule has 0 radical (unpaired) electrons. The zero-order chi connectivity index (χ0) is 11.5. The van der Waals surface area contributed by atoms with Gasteiger partial charge in [0, 0.05) is 0 Å². The summed E-state index contributed by atoms with van der Waals surface area (Å²) >= 11 is 0. The van der Waals surface area contributed by atoms with E-state index in [0.717, 1.165) is 5.57 Å². The van der Waals surface area contributed by atoms with Crippen molar-refractivity contribution in [1.82, 2.24) is 5.06 Å². The van der Waals surface area contributed by atoms with E-state index in [9.17, 15) is 4.79 Å². The van der Waals surface area contributed by atoms with Gasteiger partial charge in [-0.2, -0.15) is 5.06 Å². The molecule has 0 N–H and O–H groups in total. The predicted octanol–water partition coefficient (Wildman–Crippen LogP) is 2.28. The van der Waals surface area contributed by atoms with Crippen molar-refractivity contribution in [2.24, 2.45) is 0 Å². The number of hydroxylamine groups is 2. The maximum atomic E-state index is 11.5. The highest BCUT2D eigenvalue weighted by Crippen LogP contribution is 2.13. The van der Waals surface area contributed by atoms with Gasteiger partial charge in [-0.1, -0.05) is 18.7 Å². The molecule has 1 amide bonds. The maximum Gasteiger partial charge on any atom is 0.434 e. The Hall–Kier alpha value is -1.29. The first-order chi connectivity index (χ1) is 6.92. The SMILES string of the molecule is C=CC1=CCN(C(=O)OC(C)(C)C)OC1. The molecule has 1 rings (SSSR count). The monoisotopic (exact) mass is 211 g/mol. The standard InChI is InChI=1S/C11H17NO3/c1-5-9-6-7-12(14-8-9)10(13)15-11(2,3)4/h5-6H,1,7-8H2,2-4H3. The van der Waals surface area contributed by atoms with E-state index >= 15 is 0 Å². The van der Waals surface area contributed by atoms with Crippen LogP contribution in [0.5, 0.6) is 0 Å². The number of nitrogens with zero attached hydrogens (tertiary/aromatic N) is 1. The molecule has 1 heterocycles. The minimum Gasteiger partial charge on any atom is -0.442 e. The molecule has 0 saturated heterocycles. The van der Waals surface area contributed by atoms with E-state index < -0.39 is 11.7 Å². The summed E-state index contributed by atoms with van der Waals surface area (Å²) in [5.41, 5.74) is 0.484. The Morgan fingerprint density at radius 3 is 2.73 bits per heavy atom. The summed E-state index contributed by atoms with van der Waals surface area (Å²) in [4.78, 5) is 16.7. The van der Waals surface area contributed by atoms with Crippen molar-refractivity contribution in [3.63, 3.8) is 0 Å². The van der Waals surface area contributed by atoms with Crippen molar-refractivity contribution in [2.75, 3.05) is 13.2 Å². The molecular formula is C11H17NO3. The number of rotatable bonds is 1. The Kier molecular flexibility index (Phi) is 3.52. The zero-order valence-electron chi connectivity index (χ0n) is 9.45. The van der Waals surface area contributed by atoms with Gasteiger partial charge in [0.1, 0.15) is 5.60 Å². The lowest BCUT2D eigenvalue weighted by Gasteiger charge is -2.28. The minimum absolute atomic E-state index is 0.364. The first-order valence-corrected chi connectivity index (χ1v) is 4.87. The van der Waals surface area contributed by atoms with E-state index in [1.807, 2.05) is 26.8 Å². The highest BCUT2D eigenvalue weighted by atomic mass is 16.7. The van der Waals surface area contributed by atoms with Crippen LogP contribution in [0.4, 0.5) is 4.79 Å².